The van der Waals surface area contributed by atoms with Gasteiger partial charge in [-0.25, -0.2) is 0 Å². The summed E-state index contributed by atoms with van der Waals surface area (Å²) in [4.78, 5) is 26.9. The van der Waals surface area contributed by atoms with Crippen molar-refractivity contribution in [3.63, 3.8) is 0 Å². The first-order valence-electron chi connectivity index (χ1n) is 7.83. The molecule has 1 aliphatic heterocycles. The third-order valence-electron chi connectivity index (χ3n) is 4.05. The minimum absolute atomic E-state index is 0.111. The zero-order valence-electron chi connectivity index (χ0n) is 13.2. The van der Waals surface area contributed by atoms with E-state index in [-0.39, 0.29) is 33.6 Å². The largest absolute Gasteiger partial charge is 0.326 e. The molecular weight excluding hydrogens is 369 g/mol. The van der Waals surface area contributed by atoms with Crippen molar-refractivity contribution in [1.29, 1.82) is 0 Å². The van der Waals surface area contributed by atoms with Crippen LogP contribution in [0.25, 0.3) is 0 Å². The van der Waals surface area contributed by atoms with Gasteiger partial charge in [0.05, 0.1) is 21.7 Å². The minimum atomic E-state index is -0.545. The first kappa shape index (κ1) is 19.5. The van der Waals surface area contributed by atoms with Gasteiger partial charge in [0.1, 0.15) is 0 Å². The lowest BCUT2D eigenvalue weighted by atomic mass is 10.0. The summed E-state index contributed by atoms with van der Waals surface area (Å²) in [5.41, 5.74) is 6.13. The summed E-state index contributed by atoms with van der Waals surface area (Å²) in [5.74, 6) is -0.333. The molecule has 5 nitrogen and oxygen atoms in total. The van der Waals surface area contributed by atoms with E-state index in [1.807, 2.05) is 4.90 Å². The first-order chi connectivity index (χ1) is 11.4. The standard InChI is InChI=1S/C16H21Cl2N3O2S/c17-12-5-3-4-11(14(12)18)15(22)20-16(23)13-6-1-2-7-21(13)8-10(19)9-24/h3-5,10,13,24H,1-2,6-9,19H2,(H,20,22,23). The number of piperidine rings is 1. The molecule has 8 heteroatoms. The Morgan fingerprint density at radius 2 is 2.12 bits per heavy atom. The van der Waals surface area contributed by atoms with E-state index >= 15 is 0 Å². The van der Waals surface area contributed by atoms with Gasteiger partial charge in [0.15, 0.2) is 0 Å². The highest BCUT2D eigenvalue weighted by molar-refractivity contribution is 7.80. The highest BCUT2D eigenvalue weighted by Crippen LogP contribution is 2.25. The fourth-order valence-corrected chi connectivity index (χ4v) is 3.31. The molecule has 2 amide bonds. The molecule has 0 bridgehead atoms. The number of carbonyl (C=O) groups is 2. The first-order valence-corrected chi connectivity index (χ1v) is 9.22. The van der Waals surface area contributed by atoms with E-state index in [1.54, 1.807) is 12.1 Å². The number of halogens is 2. The zero-order chi connectivity index (χ0) is 17.7. The summed E-state index contributed by atoms with van der Waals surface area (Å²) in [6.07, 6.45) is 2.65. The molecule has 2 unspecified atom stereocenters. The van der Waals surface area contributed by atoms with Gasteiger partial charge in [-0.2, -0.15) is 12.6 Å². The van der Waals surface area contributed by atoms with E-state index < -0.39 is 5.91 Å². The Labute approximate surface area is 157 Å². The fourth-order valence-electron chi connectivity index (χ4n) is 2.81. The molecule has 132 valence electrons. The monoisotopic (exact) mass is 389 g/mol. The average Bonchev–Trinajstić information content (AvgIpc) is 2.57. The van der Waals surface area contributed by atoms with Crippen LogP contribution in [0.1, 0.15) is 29.6 Å². The predicted octanol–water partition coefficient (Wildman–Crippen LogP) is 2.36. The summed E-state index contributed by atoms with van der Waals surface area (Å²) in [5, 5.41) is 2.85. The molecule has 1 saturated heterocycles. The molecule has 1 aromatic carbocycles. The highest BCUT2D eigenvalue weighted by Gasteiger charge is 2.30. The molecule has 0 spiro atoms. The van der Waals surface area contributed by atoms with Gasteiger partial charge in [-0.05, 0) is 31.5 Å². The number of nitrogens with one attached hydrogen (secondary N) is 1. The van der Waals surface area contributed by atoms with E-state index in [2.05, 4.69) is 17.9 Å². The van der Waals surface area contributed by atoms with E-state index in [0.29, 0.717) is 18.7 Å². The molecule has 1 heterocycles. The van der Waals surface area contributed by atoms with Crippen LogP contribution in [0.15, 0.2) is 18.2 Å². The second-order valence-electron chi connectivity index (χ2n) is 5.87. The zero-order valence-corrected chi connectivity index (χ0v) is 15.6. The molecular formula is C16H21Cl2N3O2S. The topological polar surface area (TPSA) is 75.4 Å². The number of nitrogens with zero attached hydrogens (tertiary/aromatic N) is 1. The Hall–Kier alpha value is -0.790. The Bertz CT molecular complexity index is 615. The average molecular weight is 390 g/mol. The maximum absolute atomic E-state index is 12.5. The molecule has 0 aromatic heterocycles. The molecule has 1 aliphatic rings. The summed E-state index contributed by atoms with van der Waals surface area (Å²) < 4.78 is 0. The third-order valence-corrected chi connectivity index (χ3v) is 5.34. The van der Waals surface area contributed by atoms with Crippen LogP contribution in [-0.4, -0.2) is 47.6 Å². The van der Waals surface area contributed by atoms with Crippen LogP contribution in [0.2, 0.25) is 10.0 Å². The van der Waals surface area contributed by atoms with Crippen LogP contribution < -0.4 is 11.1 Å². The number of hydrogen-bond donors (Lipinski definition) is 3. The summed E-state index contributed by atoms with van der Waals surface area (Å²) >= 11 is 16.1. The molecule has 2 atom stereocenters. The number of amides is 2. The van der Waals surface area contributed by atoms with Crippen LogP contribution >= 0.6 is 35.8 Å². The van der Waals surface area contributed by atoms with E-state index in [0.717, 1.165) is 19.4 Å². The molecule has 24 heavy (non-hydrogen) atoms. The normalized spacial score (nSPS) is 19.8. The van der Waals surface area contributed by atoms with Crippen LogP contribution in [0, 0.1) is 0 Å². The summed E-state index contributed by atoms with van der Waals surface area (Å²) in [7, 11) is 0. The Morgan fingerprint density at radius 1 is 1.38 bits per heavy atom. The van der Waals surface area contributed by atoms with Crippen LogP contribution in [-0.2, 0) is 4.79 Å². The SMILES string of the molecule is NC(CS)CN1CCCCC1C(=O)NC(=O)c1cccc(Cl)c1Cl. The van der Waals surface area contributed by atoms with Crippen molar-refractivity contribution in [2.45, 2.75) is 31.3 Å². The van der Waals surface area contributed by atoms with Gasteiger partial charge in [-0.1, -0.05) is 35.7 Å². The number of carbonyl (C=O) groups excluding carboxylic acids is 2. The van der Waals surface area contributed by atoms with Crippen LogP contribution in [0.5, 0.6) is 0 Å². The Morgan fingerprint density at radius 3 is 2.83 bits per heavy atom. The predicted molar refractivity (Wildman–Crippen MR) is 100.0 cm³/mol. The molecule has 1 aromatic rings. The Kier molecular flexibility index (Phi) is 7.37. The van der Waals surface area contributed by atoms with Crippen LogP contribution in [0.4, 0.5) is 0 Å². The highest BCUT2D eigenvalue weighted by atomic mass is 35.5. The van der Waals surface area contributed by atoms with Crippen molar-refractivity contribution in [2.24, 2.45) is 5.73 Å². The fraction of sp³-hybridized carbons (Fsp3) is 0.500. The van der Waals surface area contributed by atoms with Crippen molar-refractivity contribution in [2.75, 3.05) is 18.8 Å². The molecule has 3 N–H and O–H groups in total. The number of benzene rings is 1. The maximum Gasteiger partial charge on any atom is 0.259 e. The van der Waals surface area contributed by atoms with Crippen molar-refractivity contribution in [3.05, 3.63) is 33.8 Å². The Balaban J connectivity index is 2.06. The number of hydrogen-bond acceptors (Lipinski definition) is 5. The van der Waals surface area contributed by atoms with E-state index in [9.17, 15) is 9.59 Å². The lowest BCUT2D eigenvalue weighted by Crippen LogP contribution is -2.54. The minimum Gasteiger partial charge on any atom is -0.326 e. The lowest BCUT2D eigenvalue weighted by Gasteiger charge is -2.35. The molecule has 2 rings (SSSR count). The summed E-state index contributed by atoms with van der Waals surface area (Å²) in [6, 6.07) is 4.26. The van der Waals surface area contributed by atoms with Gasteiger partial charge in [0, 0.05) is 18.3 Å². The molecule has 1 fully saturated rings. The van der Waals surface area contributed by atoms with Gasteiger partial charge in [0.2, 0.25) is 5.91 Å². The smallest absolute Gasteiger partial charge is 0.259 e. The number of rotatable bonds is 5. The van der Waals surface area contributed by atoms with Gasteiger partial charge in [0.25, 0.3) is 5.91 Å². The third kappa shape index (κ3) is 4.86. The van der Waals surface area contributed by atoms with Crippen molar-refractivity contribution >= 4 is 47.6 Å². The van der Waals surface area contributed by atoms with E-state index in [4.69, 9.17) is 28.9 Å². The second kappa shape index (κ2) is 9.06. The van der Waals surface area contributed by atoms with Gasteiger partial charge < -0.3 is 5.73 Å². The number of likely N-dealkylation sites (tertiary alicyclic amines) is 1. The number of nitrogens with two attached hydrogens (primary N) is 1. The lowest BCUT2D eigenvalue weighted by molar-refractivity contribution is -0.126. The summed E-state index contributed by atoms with van der Waals surface area (Å²) in [6.45, 7) is 1.36. The van der Waals surface area contributed by atoms with Gasteiger partial charge >= 0.3 is 0 Å². The maximum atomic E-state index is 12.5. The van der Waals surface area contributed by atoms with Crippen molar-refractivity contribution in [1.82, 2.24) is 10.2 Å². The molecule has 0 saturated carbocycles. The quantitative estimate of drug-likeness (QED) is 0.533. The van der Waals surface area contributed by atoms with E-state index in [1.165, 1.54) is 6.07 Å². The molecule has 0 radical (unpaired) electrons. The second-order valence-corrected chi connectivity index (χ2v) is 7.02. The van der Waals surface area contributed by atoms with Gasteiger partial charge in [-0.3, -0.25) is 19.8 Å². The number of imide groups is 1. The van der Waals surface area contributed by atoms with Gasteiger partial charge in [-0.15, -0.1) is 0 Å². The van der Waals surface area contributed by atoms with Crippen molar-refractivity contribution in [3.8, 4) is 0 Å². The molecule has 0 aliphatic carbocycles. The van der Waals surface area contributed by atoms with Crippen molar-refractivity contribution < 1.29 is 9.59 Å². The number of thiol groups is 1. The van der Waals surface area contributed by atoms with Crippen LogP contribution in [0.3, 0.4) is 0 Å².